The smallest absolute Gasteiger partial charge is 0.328 e. The molecule has 0 saturated carbocycles. The Balaban J connectivity index is 1.29. The van der Waals surface area contributed by atoms with E-state index in [2.05, 4.69) is 136 Å². The topological polar surface area (TPSA) is 119 Å². The van der Waals surface area contributed by atoms with Crippen LogP contribution in [0, 0.1) is 46.5 Å². The lowest BCUT2D eigenvalue weighted by atomic mass is 9.50. The summed E-state index contributed by atoms with van der Waals surface area (Å²) >= 11 is 26.9. The van der Waals surface area contributed by atoms with E-state index in [0.29, 0.717) is 101 Å². The minimum absolute atomic E-state index is 0.0446. The van der Waals surface area contributed by atoms with E-state index in [1.54, 1.807) is 48.8 Å². The summed E-state index contributed by atoms with van der Waals surface area (Å²) in [5.74, 6) is 2.01. The number of hydrogen-bond donors (Lipinski definition) is 1. The largest absolute Gasteiger partial charge is 0.508 e. The Hall–Kier alpha value is -9.13. The van der Waals surface area contributed by atoms with E-state index in [9.17, 15) is 16.9 Å². The minimum Gasteiger partial charge on any atom is -0.508 e. The maximum Gasteiger partial charge on any atom is 0.328 e. The average Bonchev–Trinajstić information content (AvgIpc) is 1.52. The van der Waals surface area contributed by atoms with Crippen LogP contribution in [0.2, 0.25) is 20.1 Å². The third-order valence-electron chi connectivity index (χ3n) is 18.0. The number of halogens is 4. The molecule has 4 heterocycles. The molecule has 0 amide bonds. The van der Waals surface area contributed by atoms with Crippen LogP contribution in [-0.2, 0) is 0 Å². The molecule has 4 aromatic heterocycles. The van der Waals surface area contributed by atoms with Crippen molar-refractivity contribution >= 4 is 126 Å². The Morgan fingerprint density at radius 3 is 1.40 bits per heavy atom. The van der Waals surface area contributed by atoms with Gasteiger partial charge in [0.1, 0.15) is 28.8 Å². The van der Waals surface area contributed by atoms with Gasteiger partial charge in [-0.2, -0.15) is 5.26 Å². The SMILES string of the molecule is [C-]#[N+]/C(c1cnc2cc(Cl)c(Cl)cc2n1)=c1\c2c(-c3ccc(OCC(CCC(C)CC(C)(C)C)C(C)CC(C)(C)C)cc3)n(B(c3ccccc3)c3ccccc3)/c(=C(/C#N)c3cnc4cc(Cl)c(Cl)cc4n3)c2c(-c2ccc(O)cc2)n1B(c1ccccc1)c1ccccc1. The fourth-order valence-electron chi connectivity index (χ4n) is 14.0. The standard InChI is InChI=1S/C80H72B2Cl4N8O2/c1-50(44-79(3,4)5)30-31-54(51(2)45-80(6,7)8)49-96-60-38-34-53(35-39-60)76-73-72(77(61(46-87)70-47-89-66-40-62(83)64(85)42-68(66)91-70)93(76)81(55-22-14-10-15-23-55)56-24-16-11-17-25-56)75(52-32-36-59(95)37-33-52)94(82(57-26-18-12-19-27-57)58-28-20-13-21-29-58)78(73)74(88-9)71-48-90-67-41-63(84)65(86)43-69(67)92-71/h10-29,32-43,47-48,50-51,54,95H,30-31,44-45,49H2,1-8H3/b77-61-,78-74+. The first-order valence-electron chi connectivity index (χ1n) is 32.5. The van der Waals surface area contributed by atoms with E-state index >= 15 is 0 Å². The Morgan fingerprint density at radius 1 is 0.552 bits per heavy atom. The Labute approximate surface area is 582 Å². The lowest BCUT2D eigenvalue weighted by Gasteiger charge is -2.31. The molecule has 478 valence electrons. The Bertz CT molecular complexity index is 4850. The number of nitriles is 1. The normalized spacial score (nSPS) is 13.4. The highest BCUT2D eigenvalue weighted by atomic mass is 35.5. The van der Waals surface area contributed by atoms with Crippen LogP contribution in [0.3, 0.4) is 0 Å². The van der Waals surface area contributed by atoms with Crippen LogP contribution < -0.4 is 37.3 Å². The zero-order chi connectivity index (χ0) is 67.6. The maximum absolute atomic E-state index is 12.5. The number of aromatic nitrogens is 6. The molecular formula is C80H72B2Cl4N8O2. The zero-order valence-electron chi connectivity index (χ0n) is 55.0. The maximum atomic E-state index is 12.5. The molecule has 16 heteroatoms. The van der Waals surface area contributed by atoms with Crippen LogP contribution in [0.1, 0.15) is 92.5 Å². The van der Waals surface area contributed by atoms with Gasteiger partial charge in [-0.15, -0.1) is 0 Å². The molecule has 0 spiro atoms. The second-order valence-corrected chi connectivity index (χ2v) is 29.3. The monoisotopic (exact) mass is 1340 g/mol. The van der Waals surface area contributed by atoms with E-state index in [0.717, 1.165) is 53.1 Å². The lowest BCUT2D eigenvalue weighted by Crippen LogP contribution is -2.54. The van der Waals surface area contributed by atoms with Gasteiger partial charge in [-0.05, 0) is 132 Å². The fraction of sp³-hybridized carbons (Fsp3) is 0.225. The summed E-state index contributed by atoms with van der Waals surface area (Å²) in [6.45, 7) is 27.6. The van der Waals surface area contributed by atoms with Crippen molar-refractivity contribution < 1.29 is 9.84 Å². The summed E-state index contributed by atoms with van der Waals surface area (Å²) in [6.07, 6.45) is 7.56. The number of hydrogen-bond acceptors (Lipinski definition) is 7. The van der Waals surface area contributed by atoms with Crippen molar-refractivity contribution in [2.24, 2.45) is 28.6 Å². The Kier molecular flexibility index (Phi) is 19.7. The molecule has 1 N–H and O–H groups in total. The first-order valence-corrected chi connectivity index (χ1v) is 34.0. The molecule has 0 saturated heterocycles. The van der Waals surface area contributed by atoms with Gasteiger partial charge in [0.2, 0.25) is 5.70 Å². The van der Waals surface area contributed by atoms with Gasteiger partial charge in [0.25, 0.3) is 0 Å². The van der Waals surface area contributed by atoms with Crippen LogP contribution in [-0.4, -0.2) is 54.3 Å². The van der Waals surface area contributed by atoms with E-state index in [1.807, 2.05) is 97.1 Å². The van der Waals surface area contributed by atoms with Crippen molar-refractivity contribution in [3.8, 4) is 40.1 Å². The molecule has 96 heavy (non-hydrogen) atoms. The number of aromatic hydroxyl groups is 1. The van der Waals surface area contributed by atoms with Gasteiger partial charge in [0.05, 0.1) is 72.6 Å². The molecule has 0 aliphatic heterocycles. The number of nitrogens with zero attached hydrogens (tertiary/aromatic N) is 8. The van der Waals surface area contributed by atoms with Gasteiger partial charge >= 0.3 is 13.7 Å². The number of phenols is 1. The third kappa shape index (κ3) is 14.2. The summed E-state index contributed by atoms with van der Waals surface area (Å²) in [4.78, 5) is 25.0. The lowest BCUT2D eigenvalue weighted by molar-refractivity contribution is 0.147. The summed E-state index contributed by atoms with van der Waals surface area (Å²) in [6, 6.07) is 65.6. The van der Waals surface area contributed by atoms with Crippen molar-refractivity contribution in [2.75, 3.05) is 6.61 Å². The second kappa shape index (κ2) is 28.3. The van der Waals surface area contributed by atoms with E-state index in [4.69, 9.17) is 71.1 Å². The first-order chi connectivity index (χ1) is 46.2. The summed E-state index contributed by atoms with van der Waals surface area (Å²) < 4.78 is 11.5. The van der Waals surface area contributed by atoms with Crippen LogP contribution in [0.25, 0.3) is 71.5 Å². The number of fused-ring (bicyclic) bond motifs is 3. The zero-order valence-corrected chi connectivity index (χ0v) is 58.0. The molecule has 0 aliphatic rings. The van der Waals surface area contributed by atoms with Crippen LogP contribution >= 0.6 is 46.4 Å². The van der Waals surface area contributed by atoms with Crippen molar-refractivity contribution in [3.05, 3.63) is 260 Å². The van der Waals surface area contributed by atoms with Crippen molar-refractivity contribution in [1.29, 1.82) is 5.26 Å². The van der Waals surface area contributed by atoms with E-state index < -0.39 is 13.7 Å². The third-order valence-corrected chi connectivity index (χ3v) is 19.4. The number of ether oxygens (including phenoxy) is 1. The molecule has 8 aromatic carbocycles. The molecule has 3 atom stereocenters. The van der Waals surface area contributed by atoms with Crippen molar-refractivity contribution in [1.82, 2.24) is 28.9 Å². The Morgan fingerprint density at radius 2 is 0.958 bits per heavy atom. The molecule has 0 fully saturated rings. The molecule has 12 rings (SSSR count). The molecule has 0 aliphatic carbocycles. The van der Waals surface area contributed by atoms with E-state index in [1.165, 1.54) is 0 Å². The molecule has 12 aromatic rings. The summed E-state index contributed by atoms with van der Waals surface area (Å²) in [5.41, 5.74) is 9.23. The highest BCUT2D eigenvalue weighted by Gasteiger charge is 2.38. The number of rotatable bonds is 19. The first kappa shape index (κ1) is 66.9. The highest BCUT2D eigenvalue weighted by molar-refractivity contribution is 6.85. The number of benzene rings is 8. The summed E-state index contributed by atoms with van der Waals surface area (Å²) in [7, 11) is 0. The van der Waals surface area contributed by atoms with E-state index in [-0.39, 0.29) is 49.3 Å². The van der Waals surface area contributed by atoms with Crippen molar-refractivity contribution in [2.45, 2.75) is 81.1 Å². The van der Waals surface area contributed by atoms with Gasteiger partial charge in [-0.1, -0.05) is 251 Å². The predicted octanol–water partition coefficient (Wildman–Crippen LogP) is 17.0. The molecule has 10 nitrogen and oxygen atoms in total. The number of phenolic OH excluding ortho intramolecular Hbond substituents is 1. The average molecular weight is 1340 g/mol. The van der Waals surface area contributed by atoms with Gasteiger partial charge in [-0.25, -0.2) is 9.83 Å². The minimum atomic E-state index is -0.677. The van der Waals surface area contributed by atoms with Gasteiger partial charge in [0.15, 0.2) is 0 Å². The fourth-order valence-corrected chi connectivity index (χ4v) is 14.7. The second-order valence-electron chi connectivity index (χ2n) is 27.6. The molecule has 0 bridgehead atoms. The van der Waals surface area contributed by atoms with Crippen LogP contribution in [0.5, 0.6) is 11.5 Å². The quantitative estimate of drug-likeness (QED) is 0.0633. The van der Waals surface area contributed by atoms with Gasteiger partial charge in [-0.3, -0.25) is 15.0 Å². The molecule has 3 unspecified atom stereocenters. The van der Waals surface area contributed by atoms with Crippen molar-refractivity contribution in [3.63, 3.8) is 0 Å². The van der Waals surface area contributed by atoms with Gasteiger partial charge in [0, 0.05) is 33.7 Å². The van der Waals surface area contributed by atoms with Crippen LogP contribution in [0.15, 0.2) is 207 Å². The van der Waals surface area contributed by atoms with Crippen LogP contribution in [0.4, 0.5) is 0 Å². The highest BCUT2D eigenvalue weighted by Crippen LogP contribution is 2.40. The molecular weight excluding hydrogens is 1270 g/mol. The summed E-state index contributed by atoms with van der Waals surface area (Å²) in [5, 5.41) is 27.1. The van der Waals surface area contributed by atoms with Gasteiger partial charge < -0.3 is 18.8 Å². The predicted molar refractivity (Wildman–Crippen MR) is 399 cm³/mol. The molecule has 0 radical (unpaired) electrons.